The number of amides is 4. The average molecular weight is 460 g/mol. The van der Waals surface area contributed by atoms with Crippen molar-refractivity contribution in [1.82, 2.24) is 16.0 Å². The SMILES string of the molecule is CC(C)CC(NC(=O)C(CC(C)C)NC(=O)C(NC(=O)C(N)CC(N)=O)C(C)O)C(=O)O. The molecule has 0 aliphatic carbocycles. The third-order valence-corrected chi connectivity index (χ3v) is 4.48. The molecule has 0 bridgehead atoms. The molecule has 32 heavy (non-hydrogen) atoms. The summed E-state index contributed by atoms with van der Waals surface area (Å²) >= 11 is 0. The van der Waals surface area contributed by atoms with Crippen LogP contribution in [0.25, 0.3) is 0 Å². The number of nitrogens with two attached hydrogens (primary N) is 2. The molecule has 0 saturated carbocycles. The number of rotatable bonds is 14. The fourth-order valence-electron chi connectivity index (χ4n) is 2.90. The minimum absolute atomic E-state index is 0.00832. The van der Waals surface area contributed by atoms with Crippen molar-refractivity contribution < 1.29 is 34.2 Å². The van der Waals surface area contributed by atoms with Crippen LogP contribution in [0.4, 0.5) is 0 Å². The summed E-state index contributed by atoms with van der Waals surface area (Å²) in [6, 6.07) is -5.01. The van der Waals surface area contributed by atoms with Gasteiger partial charge in [0.15, 0.2) is 0 Å². The predicted octanol–water partition coefficient (Wildman–Crippen LogP) is -1.80. The molecule has 0 aliphatic rings. The van der Waals surface area contributed by atoms with Crippen molar-refractivity contribution in [1.29, 1.82) is 0 Å². The number of aliphatic hydroxyl groups excluding tert-OH is 1. The number of carboxylic acids is 1. The molecule has 0 fully saturated rings. The van der Waals surface area contributed by atoms with Crippen molar-refractivity contribution in [2.24, 2.45) is 23.3 Å². The van der Waals surface area contributed by atoms with Gasteiger partial charge in [-0.15, -0.1) is 0 Å². The second-order valence-electron chi connectivity index (χ2n) is 8.72. The van der Waals surface area contributed by atoms with Gasteiger partial charge in [0, 0.05) is 0 Å². The first-order valence-corrected chi connectivity index (χ1v) is 10.5. The number of carbonyl (C=O) groups excluding carboxylic acids is 4. The molecular weight excluding hydrogens is 422 g/mol. The minimum atomic E-state index is -1.46. The van der Waals surface area contributed by atoms with Crippen LogP contribution in [0.15, 0.2) is 0 Å². The van der Waals surface area contributed by atoms with Gasteiger partial charge in [-0.25, -0.2) is 4.79 Å². The van der Waals surface area contributed by atoms with Crippen LogP contribution in [0.1, 0.15) is 53.9 Å². The molecule has 0 aromatic rings. The maximum absolute atomic E-state index is 12.7. The lowest BCUT2D eigenvalue weighted by atomic mass is 10.00. The summed E-state index contributed by atoms with van der Waals surface area (Å²) in [4.78, 5) is 60.0. The zero-order chi connectivity index (χ0) is 25.2. The second kappa shape index (κ2) is 13.6. The minimum Gasteiger partial charge on any atom is -0.480 e. The van der Waals surface area contributed by atoms with Crippen LogP contribution in [0.2, 0.25) is 0 Å². The van der Waals surface area contributed by atoms with Crippen LogP contribution >= 0.6 is 0 Å². The molecule has 9 N–H and O–H groups in total. The molecule has 4 amide bonds. The Morgan fingerprint density at radius 3 is 1.66 bits per heavy atom. The topological polar surface area (TPSA) is 214 Å². The summed E-state index contributed by atoms with van der Waals surface area (Å²) in [5, 5.41) is 26.5. The van der Waals surface area contributed by atoms with E-state index in [1.54, 1.807) is 0 Å². The Morgan fingerprint density at radius 1 is 0.781 bits per heavy atom. The van der Waals surface area contributed by atoms with Gasteiger partial charge in [-0.1, -0.05) is 27.7 Å². The summed E-state index contributed by atoms with van der Waals surface area (Å²) in [6.45, 7) is 8.51. The number of primary amides is 1. The van der Waals surface area contributed by atoms with E-state index in [-0.39, 0.29) is 24.7 Å². The van der Waals surface area contributed by atoms with Crippen molar-refractivity contribution in [3.63, 3.8) is 0 Å². The fourth-order valence-corrected chi connectivity index (χ4v) is 2.90. The van der Waals surface area contributed by atoms with Crippen molar-refractivity contribution in [3.05, 3.63) is 0 Å². The first kappa shape index (κ1) is 29.3. The highest BCUT2D eigenvalue weighted by Crippen LogP contribution is 2.09. The molecule has 0 saturated heterocycles. The predicted molar refractivity (Wildman–Crippen MR) is 116 cm³/mol. The van der Waals surface area contributed by atoms with E-state index >= 15 is 0 Å². The summed E-state index contributed by atoms with van der Waals surface area (Å²) in [7, 11) is 0. The Kier molecular flexibility index (Phi) is 12.5. The molecule has 0 aromatic carbocycles. The van der Waals surface area contributed by atoms with Crippen LogP contribution in [0.3, 0.4) is 0 Å². The van der Waals surface area contributed by atoms with E-state index < -0.39 is 66.3 Å². The van der Waals surface area contributed by atoms with E-state index in [0.29, 0.717) is 0 Å². The van der Waals surface area contributed by atoms with Gasteiger partial charge in [0.2, 0.25) is 23.6 Å². The maximum atomic E-state index is 12.7. The van der Waals surface area contributed by atoms with E-state index in [1.165, 1.54) is 6.92 Å². The van der Waals surface area contributed by atoms with E-state index in [9.17, 15) is 34.2 Å². The van der Waals surface area contributed by atoms with E-state index in [0.717, 1.165) is 0 Å². The van der Waals surface area contributed by atoms with Gasteiger partial charge in [0.05, 0.1) is 18.6 Å². The normalized spacial score (nSPS) is 15.9. The summed E-state index contributed by atoms with van der Waals surface area (Å²) in [5.74, 6) is -4.47. The number of carbonyl (C=O) groups is 5. The number of nitrogens with one attached hydrogen (secondary N) is 3. The molecule has 0 spiro atoms. The van der Waals surface area contributed by atoms with Gasteiger partial charge >= 0.3 is 5.97 Å². The quantitative estimate of drug-likeness (QED) is 0.157. The van der Waals surface area contributed by atoms with Crippen LogP contribution in [0, 0.1) is 11.8 Å². The highest BCUT2D eigenvalue weighted by molar-refractivity contribution is 5.95. The summed E-state index contributed by atoms with van der Waals surface area (Å²) in [5.41, 5.74) is 10.6. The Balaban J connectivity index is 5.44. The number of hydrogen-bond donors (Lipinski definition) is 7. The zero-order valence-electron chi connectivity index (χ0n) is 19.3. The Hall–Kier alpha value is -2.73. The molecule has 0 heterocycles. The smallest absolute Gasteiger partial charge is 0.326 e. The van der Waals surface area contributed by atoms with Crippen molar-refractivity contribution in [3.8, 4) is 0 Å². The van der Waals surface area contributed by atoms with Gasteiger partial charge < -0.3 is 37.6 Å². The molecule has 0 rings (SSSR count). The Morgan fingerprint density at radius 2 is 1.25 bits per heavy atom. The molecular formula is C20H37N5O7. The highest BCUT2D eigenvalue weighted by Gasteiger charge is 2.33. The molecule has 5 atom stereocenters. The van der Waals surface area contributed by atoms with Crippen molar-refractivity contribution in [2.45, 2.75) is 84.2 Å². The van der Waals surface area contributed by atoms with E-state index in [2.05, 4.69) is 16.0 Å². The highest BCUT2D eigenvalue weighted by atomic mass is 16.4. The Bertz CT molecular complexity index is 681. The monoisotopic (exact) mass is 459 g/mol. The van der Waals surface area contributed by atoms with Crippen molar-refractivity contribution in [2.75, 3.05) is 0 Å². The number of carboxylic acid groups (broad SMARTS) is 1. The molecule has 12 heteroatoms. The van der Waals surface area contributed by atoms with Crippen molar-refractivity contribution >= 4 is 29.6 Å². The third kappa shape index (κ3) is 11.0. The number of aliphatic hydroxyl groups is 1. The van der Waals surface area contributed by atoms with Gasteiger partial charge in [-0.2, -0.15) is 0 Å². The van der Waals surface area contributed by atoms with E-state index in [4.69, 9.17) is 11.5 Å². The number of aliphatic carboxylic acids is 1. The first-order chi connectivity index (χ1) is 14.6. The maximum Gasteiger partial charge on any atom is 0.326 e. The average Bonchev–Trinajstić information content (AvgIpc) is 2.62. The molecule has 184 valence electrons. The molecule has 5 unspecified atom stereocenters. The van der Waals surface area contributed by atoms with Crippen LogP contribution in [-0.2, 0) is 24.0 Å². The Labute approximate surface area is 187 Å². The lowest BCUT2D eigenvalue weighted by molar-refractivity contribution is -0.143. The molecule has 0 aromatic heterocycles. The molecule has 0 radical (unpaired) electrons. The van der Waals surface area contributed by atoms with Crippen LogP contribution in [-0.4, -0.2) is 70.1 Å². The standard InChI is InChI=1S/C20H37N5O7/c1-9(2)6-13(18(29)24-14(20(31)32)7-10(3)4)23-19(30)16(11(5)26)25-17(28)12(21)8-15(22)27/h9-14,16,26H,6-8,21H2,1-5H3,(H2,22,27)(H,23,30)(H,24,29)(H,25,28)(H,31,32). The third-order valence-electron chi connectivity index (χ3n) is 4.48. The fraction of sp³-hybridized carbons (Fsp3) is 0.750. The van der Waals surface area contributed by atoms with Crippen LogP contribution < -0.4 is 27.4 Å². The largest absolute Gasteiger partial charge is 0.480 e. The van der Waals surface area contributed by atoms with Crippen LogP contribution in [0.5, 0.6) is 0 Å². The summed E-state index contributed by atoms with van der Waals surface area (Å²) < 4.78 is 0. The molecule has 0 aliphatic heterocycles. The first-order valence-electron chi connectivity index (χ1n) is 10.5. The lowest BCUT2D eigenvalue weighted by Crippen LogP contribution is -2.60. The molecule has 12 nitrogen and oxygen atoms in total. The second-order valence-corrected chi connectivity index (χ2v) is 8.72. The van der Waals surface area contributed by atoms with Gasteiger partial charge in [0.25, 0.3) is 0 Å². The zero-order valence-corrected chi connectivity index (χ0v) is 19.3. The van der Waals surface area contributed by atoms with Gasteiger partial charge in [-0.05, 0) is 31.6 Å². The van der Waals surface area contributed by atoms with E-state index in [1.807, 2.05) is 27.7 Å². The van der Waals surface area contributed by atoms with Gasteiger partial charge in [-0.3, -0.25) is 19.2 Å². The lowest BCUT2D eigenvalue weighted by Gasteiger charge is -2.27. The van der Waals surface area contributed by atoms with Gasteiger partial charge in [0.1, 0.15) is 18.1 Å². The summed E-state index contributed by atoms with van der Waals surface area (Å²) in [6.07, 6.45) is -1.42. The number of hydrogen-bond acceptors (Lipinski definition) is 7.